The molecule has 0 unspecified atom stereocenters. The summed E-state index contributed by atoms with van der Waals surface area (Å²) in [5, 5.41) is 0. The Hall–Kier alpha value is -1.35. The Morgan fingerprint density at radius 1 is 1.38 bits per heavy atom. The van der Waals surface area contributed by atoms with E-state index in [1.807, 2.05) is 44.2 Å². The summed E-state index contributed by atoms with van der Waals surface area (Å²) in [6, 6.07) is 9.51. The summed E-state index contributed by atoms with van der Waals surface area (Å²) in [4.78, 5) is 13.6. The SMILES string of the molecule is CCN(C)C(=O)[C@H](C)[C@@H](N)c1ccccc1. The van der Waals surface area contributed by atoms with Crippen LogP contribution < -0.4 is 5.73 Å². The molecule has 2 N–H and O–H groups in total. The zero-order chi connectivity index (χ0) is 12.1. The molecule has 1 aromatic rings. The van der Waals surface area contributed by atoms with Gasteiger partial charge in [0.15, 0.2) is 0 Å². The Balaban J connectivity index is 2.75. The molecule has 0 bridgehead atoms. The normalized spacial score (nSPS) is 14.2. The van der Waals surface area contributed by atoms with Crippen LogP contribution in [0.15, 0.2) is 30.3 Å². The van der Waals surface area contributed by atoms with E-state index in [0.717, 1.165) is 5.56 Å². The molecule has 0 spiro atoms. The summed E-state index contributed by atoms with van der Waals surface area (Å²) in [6.07, 6.45) is 0. The van der Waals surface area contributed by atoms with Gasteiger partial charge in [-0.25, -0.2) is 0 Å². The van der Waals surface area contributed by atoms with Crippen LogP contribution in [-0.4, -0.2) is 24.4 Å². The number of carbonyl (C=O) groups is 1. The smallest absolute Gasteiger partial charge is 0.227 e. The van der Waals surface area contributed by atoms with Crippen LogP contribution in [0, 0.1) is 5.92 Å². The lowest BCUT2D eigenvalue weighted by Crippen LogP contribution is -2.36. The first kappa shape index (κ1) is 12.7. The first-order valence-corrected chi connectivity index (χ1v) is 5.63. The quantitative estimate of drug-likeness (QED) is 0.841. The molecule has 0 radical (unpaired) electrons. The Kier molecular flexibility index (Phi) is 4.50. The summed E-state index contributed by atoms with van der Waals surface area (Å²) in [6.45, 7) is 4.55. The van der Waals surface area contributed by atoms with Crippen LogP contribution >= 0.6 is 0 Å². The van der Waals surface area contributed by atoms with Crippen molar-refractivity contribution in [1.82, 2.24) is 4.90 Å². The summed E-state index contributed by atoms with van der Waals surface area (Å²) >= 11 is 0. The van der Waals surface area contributed by atoms with Gasteiger partial charge in [0.1, 0.15) is 0 Å². The van der Waals surface area contributed by atoms with Crippen LogP contribution in [0.1, 0.15) is 25.5 Å². The molecule has 88 valence electrons. The van der Waals surface area contributed by atoms with Crippen molar-refractivity contribution in [1.29, 1.82) is 0 Å². The van der Waals surface area contributed by atoms with Gasteiger partial charge in [-0.15, -0.1) is 0 Å². The molecule has 16 heavy (non-hydrogen) atoms. The van der Waals surface area contributed by atoms with Crippen LogP contribution in [0.4, 0.5) is 0 Å². The second kappa shape index (κ2) is 5.66. The lowest BCUT2D eigenvalue weighted by Gasteiger charge is -2.24. The highest BCUT2D eigenvalue weighted by molar-refractivity contribution is 5.79. The average molecular weight is 220 g/mol. The predicted molar refractivity (Wildman–Crippen MR) is 65.8 cm³/mol. The van der Waals surface area contributed by atoms with E-state index in [1.54, 1.807) is 11.9 Å². The molecular formula is C13H20N2O. The van der Waals surface area contributed by atoms with Crippen molar-refractivity contribution in [2.45, 2.75) is 19.9 Å². The molecule has 0 heterocycles. The van der Waals surface area contributed by atoms with Gasteiger partial charge >= 0.3 is 0 Å². The summed E-state index contributed by atoms with van der Waals surface area (Å²) < 4.78 is 0. The van der Waals surface area contributed by atoms with Gasteiger partial charge in [-0.2, -0.15) is 0 Å². The first-order chi connectivity index (χ1) is 7.57. The Morgan fingerprint density at radius 3 is 2.44 bits per heavy atom. The van der Waals surface area contributed by atoms with Crippen molar-refractivity contribution in [2.75, 3.05) is 13.6 Å². The molecule has 0 aliphatic heterocycles. The number of carbonyl (C=O) groups excluding carboxylic acids is 1. The monoisotopic (exact) mass is 220 g/mol. The number of nitrogens with zero attached hydrogens (tertiary/aromatic N) is 1. The molecule has 3 heteroatoms. The van der Waals surface area contributed by atoms with Crippen molar-refractivity contribution >= 4 is 5.91 Å². The fraction of sp³-hybridized carbons (Fsp3) is 0.462. The minimum atomic E-state index is -0.234. The number of benzene rings is 1. The van der Waals surface area contributed by atoms with E-state index < -0.39 is 0 Å². The molecule has 1 rings (SSSR count). The second-order valence-corrected chi connectivity index (χ2v) is 4.08. The van der Waals surface area contributed by atoms with E-state index in [0.29, 0.717) is 6.54 Å². The number of hydrogen-bond acceptors (Lipinski definition) is 2. The van der Waals surface area contributed by atoms with Crippen LogP contribution in [0.5, 0.6) is 0 Å². The molecular weight excluding hydrogens is 200 g/mol. The van der Waals surface area contributed by atoms with Gasteiger partial charge in [0.2, 0.25) is 5.91 Å². The second-order valence-electron chi connectivity index (χ2n) is 4.08. The zero-order valence-corrected chi connectivity index (χ0v) is 10.2. The topological polar surface area (TPSA) is 46.3 Å². The van der Waals surface area contributed by atoms with Crippen LogP contribution in [0.3, 0.4) is 0 Å². The van der Waals surface area contributed by atoms with Crippen LogP contribution in [0.25, 0.3) is 0 Å². The number of amides is 1. The van der Waals surface area contributed by atoms with Gasteiger partial charge in [0.25, 0.3) is 0 Å². The lowest BCUT2D eigenvalue weighted by molar-refractivity contribution is -0.134. The fourth-order valence-electron chi connectivity index (χ4n) is 1.62. The zero-order valence-electron chi connectivity index (χ0n) is 10.2. The molecule has 0 saturated heterocycles. The standard InChI is InChI=1S/C13H20N2O/c1-4-15(3)13(16)10(2)12(14)11-8-6-5-7-9-11/h5-10,12H,4,14H2,1-3H3/t10-,12-/m1/s1. The molecule has 1 aromatic carbocycles. The molecule has 2 atom stereocenters. The number of hydrogen-bond donors (Lipinski definition) is 1. The first-order valence-electron chi connectivity index (χ1n) is 5.63. The van der Waals surface area contributed by atoms with E-state index in [2.05, 4.69) is 0 Å². The van der Waals surface area contributed by atoms with Crippen molar-refractivity contribution in [3.8, 4) is 0 Å². The van der Waals surface area contributed by atoms with Gasteiger partial charge < -0.3 is 10.6 Å². The molecule has 0 saturated carbocycles. The largest absolute Gasteiger partial charge is 0.346 e. The molecule has 3 nitrogen and oxygen atoms in total. The highest BCUT2D eigenvalue weighted by Gasteiger charge is 2.23. The molecule has 0 aliphatic carbocycles. The van der Waals surface area contributed by atoms with Crippen molar-refractivity contribution in [3.05, 3.63) is 35.9 Å². The van der Waals surface area contributed by atoms with Gasteiger partial charge in [-0.1, -0.05) is 37.3 Å². The van der Waals surface area contributed by atoms with E-state index in [9.17, 15) is 4.79 Å². The maximum Gasteiger partial charge on any atom is 0.227 e. The predicted octanol–water partition coefficient (Wildman–Crippen LogP) is 1.80. The van der Waals surface area contributed by atoms with Gasteiger partial charge in [-0.3, -0.25) is 4.79 Å². The van der Waals surface area contributed by atoms with Crippen LogP contribution in [0.2, 0.25) is 0 Å². The molecule has 0 aromatic heterocycles. The third kappa shape index (κ3) is 2.83. The van der Waals surface area contributed by atoms with Crippen LogP contribution in [-0.2, 0) is 4.79 Å². The number of rotatable bonds is 4. The van der Waals surface area contributed by atoms with E-state index in [-0.39, 0.29) is 17.9 Å². The van der Waals surface area contributed by atoms with Gasteiger partial charge in [-0.05, 0) is 12.5 Å². The highest BCUT2D eigenvalue weighted by Crippen LogP contribution is 2.20. The minimum Gasteiger partial charge on any atom is -0.346 e. The average Bonchev–Trinajstić information content (AvgIpc) is 2.36. The Bertz CT molecular complexity index is 337. The van der Waals surface area contributed by atoms with Gasteiger partial charge in [0, 0.05) is 19.6 Å². The number of nitrogens with two attached hydrogens (primary N) is 1. The summed E-state index contributed by atoms with van der Waals surface area (Å²) in [5.41, 5.74) is 7.09. The van der Waals surface area contributed by atoms with Gasteiger partial charge in [0.05, 0.1) is 5.92 Å². The molecule has 0 fully saturated rings. The Morgan fingerprint density at radius 2 is 1.94 bits per heavy atom. The van der Waals surface area contributed by atoms with Crippen molar-refractivity contribution < 1.29 is 4.79 Å². The van der Waals surface area contributed by atoms with Crippen molar-refractivity contribution in [3.63, 3.8) is 0 Å². The summed E-state index contributed by atoms with van der Waals surface area (Å²) in [7, 11) is 1.80. The third-order valence-electron chi connectivity index (χ3n) is 2.96. The Labute approximate surface area is 97.2 Å². The maximum atomic E-state index is 11.9. The lowest BCUT2D eigenvalue weighted by atomic mass is 9.94. The molecule has 1 amide bonds. The highest BCUT2D eigenvalue weighted by atomic mass is 16.2. The summed E-state index contributed by atoms with van der Waals surface area (Å²) in [5.74, 6) is -0.0915. The maximum absolute atomic E-state index is 11.9. The fourth-order valence-corrected chi connectivity index (χ4v) is 1.62. The van der Waals surface area contributed by atoms with Crippen molar-refractivity contribution in [2.24, 2.45) is 11.7 Å². The van der Waals surface area contributed by atoms with E-state index in [4.69, 9.17) is 5.73 Å². The van der Waals surface area contributed by atoms with E-state index >= 15 is 0 Å². The van der Waals surface area contributed by atoms with E-state index in [1.165, 1.54) is 0 Å². The minimum absolute atomic E-state index is 0.0962. The third-order valence-corrected chi connectivity index (χ3v) is 2.96. The molecule has 0 aliphatic rings.